The van der Waals surface area contributed by atoms with Gasteiger partial charge >= 0.3 is 5.97 Å². The fourth-order valence-electron chi connectivity index (χ4n) is 2.13. The van der Waals surface area contributed by atoms with E-state index in [0.717, 1.165) is 11.1 Å². The van der Waals surface area contributed by atoms with Crippen molar-refractivity contribution >= 4 is 29.3 Å². The highest BCUT2D eigenvalue weighted by Crippen LogP contribution is 2.42. The maximum absolute atomic E-state index is 12.0. The molecule has 2 aromatic rings. The van der Waals surface area contributed by atoms with Gasteiger partial charge in [-0.1, -0.05) is 41.4 Å². The molecule has 2 aromatic carbocycles. The van der Waals surface area contributed by atoms with E-state index in [4.69, 9.17) is 16.3 Å². The van der Waals surface area contributed by atoms with Crippen molar-refractivity contribution < 1.29 is 14.6 Å². The van der Waals surface area contributed by atoms with E-state index >= 15 is 0 Å². The Morgan fingerprint density at radius 2 is 1.95 bits per heavy atom. The Bertz CT molecular complexity index is 696. The molecule has 0 spiro atoms. The summed E-state index contributed by atoms with van der Waals surface area (Å²) in [7, 11) is 0. The van der Waals surface area contributed by atoms with Crippen LogP contribution in [0.4, 0.5) is 0 Å². The van der Waals surface area contributed by atoms with E-state index in [2.05, 4.69) is 0 Å². The number of benzene rings is 2. The molecule has 0 heterocycles. The molecule has 0 fully saturated rings. The third-order valence-corrected chi connectivity index (χ3v) is 4.41. The molecule has 5 heteroatoms. The van der Waals surface area contributed by atoms with Gasteiger partial charge < -0.3 is 9.84 Å². The molecule has 3 nitrogen and oxygen atoms in total. The van der Waals surface area contributed by atoms with Crippen LogP contribution in [0, 0.1) is 6.92 Å². The molecule has 0 unspecified atom stereocenters. The molecule has 0 aliphatic rings. The van der Waals surface area contributed by atoms with Gasteiger partial charge in [0.05, 0.1) is 11.6 Å². The highest BCUT2D eigenvalue weighted by atomic mass is 35.5. The highest BCUT2D eigenvalue weighted by molar-refractivity contribution is 7.98. The molecule has 2 rings (SSSR count). The van der Waals surface area contributed by atoms with Gasteiger partial charge in [-0.2, -0.15) is 0 Å². The van der Waals surface area contributed by atoms with Crippen LogP contribution in [-0.4, -0.2) is 23.9 Å². The summed E-state index contributed by atoms with van der Waals surface area (Å²) in [6.45, 7) is 3.96. The topological polar surface area (TPSA) is 46.5 Å². The lowest BCUT2D eigenvalue weighted by Gasteiger charge is -2.14. The number of phenols is 1. The van der Waals surface area contributed by atoms with Crippen LogP contribution in [0.2, 0.25) is 5.02 Å². The molecule has 116 valence electrons. The van der Waals surface area contributed by atoms with Gasteiger partial charge in [0, 0.05) is 10.5 Å². The smallest absolute Gasteiger partial charge is 0.343 e. The summed E-state index contributed by atoms with van der Waals surface area (Å²) in [6.07, 6.45) is 1.84. The van der Waals surface area contributed by atoms with Crippen LogP contribution in [-0.2, 0) is 4.74 Å². The van der Waals surface area contributed by atoms with Crippen LogP contribution in [0.5, 0.6) is 5.75 Å². The second-order valence-corrected chi connectivity index (χ2v) is 5.98. The highest BCUT2D eigenvalue weighted by Gasteiger charge is 2.23. The van der Waals surface area contributed by atoms with Crippen molar-refractivity contribution in [3.05, 3.63) is 46.5 Å². The fourth-order valence-corrected chi connectivity index (χ4v) is 3.00. The van der Waals surface area contributed by atoms with Crippen molar-refractivity contribution in [3.63, 3.8) is 0 Å². The van der Waals surface area contributed by atoms with Crippen molar-refractivity contribution in [2.45, 2.75) is 18.7 Å². The molecule has 22 heavy (non-hydrogen) atoms. The number of phenolic OH excluding ortho intramolecular Hbond substituents is 1. The molecule has 1 N–H and O–H groups in total. The average molecular weight is 337 g/mol. The van der Waals surface area contributed by atoms with Crippen molar-refractivity contribution in [1.82, 2.24) is 0 Å². The maximum Gasteiger partial charge on any atom is 0.343 e. The van der Waals surface area contributed by atoms with Crippen LogP contribution in [0.25, 0.3) is 11.1 Å². The Morgan fingerprint density at radius 1 is 1.32 bits per heavy atom. The van der Waals surface area contributed by atoms with Gasteiger partial charge in [-0.15, -0.1) is 11.8 Å². The standard InChI is InChI=1S/C17H17ClO3S/c1-4-21-17(20)14-13(22-3)9-12(15(18)16(14)19)11-7-5-10(2)6-8-11/h5-9,19H,4H2,1-3H3. The van der Waals surface area contributed by atoms with E-state index < -0.39 is 5.97 Å². The Kier molecular flexibility index (Phi) is 5.37. The zero-order chi connectivity index (χ0) is 16.3. The van der Waals surface area contributed by atoms with Crippen LogP contribution in [0.15, 0.2) is 35.2 Å². The number of hydrogen-bond donors (Lipinski definition) is 1. The molecular weight excluding hydrogens is 320 g/mol. The number of aromatic hydroxyl groups is 1. The number of rotatable bonds is 4. The van der Waals surface area contributed by atoms with E-state index in [9.17, 15) is 9.90 Å². The number of ether oxygens (including phenoxy) is 1. The molecule has 0 bridgehead atoms. The first-order valence-corrected chi connectivity index (χ1v) is 8.43. The summed E-state index contributed by atoms with van der Waals surface area (Å²) in [4.78, 5) is 12.7. The van der Waals surface area contributed by atoms with Gasteiger partial charge in [0.2, 0.25) is 0 Å². The molecule has 0 aliphatic heterocycles. The van der Waals surface area contributed by atoms with Gasteiger partial charge in [0.25, 0.3) is 0 Å². The van der Waals surface area contributed by atoms with Crippen molar-refractivity contribution in [1.29, 1.82) is 0 Å². The number of carbonyl (C=O) groups is 1. The minimum absolute atomic E-state index is 0.121. The summed E-state index contributed by atoms with van der Waals surface area (Å²) in [5.41, 5.74) is 2.83. The summed E-state index contributed by atoms with van der Waals surface area (Å²) in [6, 6.07) is 9.62. The third kappa shape index (κ3) is 3.23. The monoisotopic (exact) mass is 336 g/mol. The lowest BCUT2D eigenvalue weighted by atomic mass is 10.0. The normalized spacial score (nSPS) is 10.5. The molecule has 0 saturated heterocycles. The van der Waals surface area contributed by atoms with Gasteiger partial charge in [-0.3, -0.25) is 0 Å². The molecular formula is C17H17ClO3S. The number of halogens is 1. The SMILES string of the molecule is CCOC(=O)c1c(SC)cc(-c2ccc(C)cc2)c(Cl)c1O. The van der Waals surface area contributed by atoms with Gasteiger partial charge in [0.15, 0.2) is 0 Å². The van der Waals surface area contributed by atoms with E-state index in [1.165, 1.54) is 11.8 Å². The number of thioether (sulfide) groups is 1. The van der Waals surface area contributed by atoms with Crippen molar-refractivity contribution in [2.75, 3.05) is 12.9 Å². The zero-order valence-corrected chi connectivity index (χ0v) is 14.2. The first kappa shape index (κ1) is 16.7. The minimum Gasteiger partial charge on any atom is -0.505 e. The van der Waals surface area contributed by atoms with Crippen LogP contribution < -0.4 is 0 Å². The van der Waals surface area contributed by atoms with Gasteiger partial charge in [-0.25, -0.2) is 4.79 Å². The first-order chi connectivity index (χ1) is 10.5. The molecule has 0 aromatic heterocycles. The lowest BCUT2D eigenvalue weighted by molar-refractivity contribution is 0.0519. The Hall–Kier alpha value is -1.65. The second kappa shape index (κ2) is 7.07. The Labute approximate surface area is 139 Å². The summed E-state index contributed by atoms with van der Waals surface area (Å²) < 4.78 is 5.00. The lowest BCUT2D eigenvalue weighted by Crippen LogP contribution is -2.07. The second-order valence-electron chi connectivity index (χ2n) is 4.75. The molecule has 0 aliphatic carbocycles. The zero-order valence-electron chi connectivity index (χ0n) is 12.6. The number of esters is 1. The van der Waals surface area contributed by atoms with E-state index in [1.54, 1.807) is 6.92 Å². The van der Waals surface area contributed by atoms with E-state index in [1.807, 2.05) is 43.5 Å². The predicted molar refractivity (Wildman–Crippen MR) is 91.0 cm³/mol. The van der Waals surface area contributed by atoms with Crippen molar-refractivity contribution in [3.8, 4) is 16.9 Å². The average Bonchev–Trinajstić information content (AvgIpc) is 2.51. The molecule has 0 amide bonds. The first-order valence-electron chi connectivity index (χ1n) is 6.83. The largest absolute Gasteiger partial charge is 0.505 e. The summed E-state index contributed by atoms with van der Waals surface area (Å²) >= 11 is 7.64. The molecule has 0 atom stereocenters. The Balaban J connectivity index is 2.62. The molecule has 0 radical (unpaired) electrons. The number of aryl methyl sites for hydroxylation is 1. The summed E-state index contributed by atoms with van der Waals surface area (Å²) in [5, 5.41) is 10.5. The van der Waals surface area contributed by atoms with E-state index in [0.29, 0.717) is 10.5 Å². The third-order valence-electron chi connectivity index (χ3n) is 3.27. The van der Waals surface area contributed by atoms with Crippen molar-refractivity contribution in [2.24, 2.45) is 0 Å². The molecule has 0 saturated carbocycles. The van der Waals surface area contributed by atoms with Gasteiger partial charge in [0.1, 0.15) is 11.3 Å². The summed E-state index contributed by atoms with van der Waals surface area (Å²) in [5.74, 6) is -0.802. The number of carbonyl (C=O) groups excluding carboxylic acids is 1. The fraction of sp³-hybridized carbons (Fsp3) is 0.235. The predicted octanol–water partition coefficient (Wildman–Crippen LogP) is 4.92. The Morgan fingerprint density at radius 3 is 2.50 bits per heavy atom. The quantitative estimate of drug-likeness (QED) is 0.636. The van der Waals surface area contributed by atoms with Gasteiger partial charge in [-0.05, 0) is 31.7 Å². The minimum atomic E-state index is -0.568. The van der Waals surface area contributed by atoms with E-state index in [-0.39, 0.29) is 22.9 Å². The van der Waals surface area contributed by atoms with Crippen LogP contribution in [0.3, 0.4) is 0 Å². The number of hydrogen-bond acceptors (Lipinski definition) is 4. The van der Waals surface area contributed by atoms with Crippen LogP contribution in [0.1, 0.15) is 22.8 Å². The van der Waals surface area contributed by atoms with Crippen LogP contribution >= 0.6 is 23.4 Å². The maximum atomic E-state index is 12.0.